The summed E-state index contributed by atoms with van der Waals surface area (Å²) in [5.74, 6) is 2.87. The molecule has 2 amide bonds. The fraction of sp³-hybridized carbons (Fsp3) is 0.214. The Morgan fingerprint density at radius 1 is 1.00 bits per heavy atom. The molecule has 0 spiro atoms. The molecule has 1 aliphatic heterocycles. The Morgan fingerprint density at radius 2 is 1.89 bits per heavy atom. The first-order valence-corrected chi connectivity index (χ1v) is 12.4. The van der Waals surface area contributed by atoms with Crippen molar-refractivity contribution in [1.29, 1.82) is 0 Å². The van der Waals surface area contributed by atoms with E-state index in [4.69, 9.17) is 9.47 Å². The Hall–Kier alpha value is -4.86. The van der Waals surface area contributed by atoms with Gasteiger partial charge in [-0.15, -0.1) is 0 Å². The molecule has 1 aliphatic rings. The summed E-state index contributed by atoms with van der Waals surface area (Å²) in [5, 5.41) is 7.04. The van der Waals surface area contributed by atoms with E-state index in [-0.39, 0.29) is 6.03 Å². The molecule has 10 nitrogen and oxygen atoms in total. The summed E-state index contributed by atoms with van der Waals surface area (Å²) < 4.78 is 14.1. The fourth-order valence-corrected chi connectivity index (χ4v) is 4.51. The second-order valence-electron chi connectivity index (χ2n) is 9.18. The van der Waals surface area contributed by atoms with Crippen LogP contribution < -0.4 is 20.1 Å². The number of nitrogens with one attached hydrogen (secondary N) is 2. The minimum absolute atomic E-state index is 0.0482. The number of anilines is 2. The first-order valence-electron chi connectivity index (χ1n) is 12.4. The van der Waals surface area contributed by atoms with Crippen LogP contribution in [0.1, 0.15) is 5.56 Å². The third-order valence-electron chi connectivity index (χ3n) is 6.54. The highest BCUT2D eigenvalue weighted by molar-refractivity contribution is 5.91. The van der Waals surface area contributed by atoms with E-state index in [0.717, 1.165) is 44.7 Å². The number of urea groups is 1. The lowest BCUT2D eigenvalue weighted by Gasteiger charge is -2.15. The molecule has 10 heteroatoms. The number of aromatic nitrogens is 4. The molecule has 2 N–H and O–H groups in total. The zero-order valence-electron chi connectivity index (χ0n) is 21.1. The molecule has 0 saturated carbocycles. The molecule has 0 unspecified atom stereocenters. The Balaban J connectivity index is 1.17. The van der Waals surface area contributed by atoms with Gasteiger partial charge in [0.1, 0.15) is 36.0 Å². The summed E-state index contributed by atoms with van der Waals surface area (Å²) in [6.45, 7) is 4.32. The molecular formula is C28H27N7O3. The quantitative estimate of drug-likeness (QED) is 0.310. The van der Waals surface area contributed by atoms with Crippen LogP contribution >= 0.6 is 0 Å². The lowest BCUT2D eigenvalue weighted by Crippen LogP contribution is -2.31. The van der Waals surface area contributed by atoms with Crippen LogP contribution in [0.15, 0.2) is 67.3 Å². The van der Waals surface area contributed by atoms with E-state index in [1.165, 1.54) is 6.33 Å². The largest absolute Gasteiger partial charge is 0.492 e. The molecule has 0 aliphatic carbocycles. The van der Waals surface area contributed by atoms with Crippen LogP contribution in [0.4, 0.5) is 16.3 Å². The van der Waals surface area contributed by atoms with Crippen LogP contribution in [0.25, 0.3) is 21.9 Å². The molecule has 192 valence electrons. The maximum Gasteiger partial charge on any atom is 0.317 e. The number of hydrogen-bond donors (Lipinski definition) is 2. The summed E-state index contributed by atoms with van der Waals surface area (Å²) in [6.07, 6.45) is 3.33. The topological polar surface area (TPSA) is 106 Å². The summed E-state index contributed by atoms with van der Waals surface area (Å²) in [6, 6.07) is 17.4. The predicted octanol–water partition coefficient (Wildman–Crippen LogP) is 4.76. The first-order chi connectivity index (χ1) is 18.5. The van der Waals surface area contributed by atoms with E-state index in [9.17, 15) is 4.79 Å². The van der Waals surface area contributed by atoms with Crippen molar-refractivity contribution in [1.82, 2.24) is 29.7 Å². The van der Waals surface area contributed by atoms with Gasteiger partial charge < -0.3 is 29.6 Å². The van der Waals surface area contributed by atoms with Crippen molar-refractivity contribution >= 4 is 39.5 Å². The van der Waals surface area contributed by atoms with Crippen LogP contribution in [0.5, 0.6) is 17.2 Å². The van der Waals surface area contributed by atoms with Gasteiger partial charge in [0.15, 0.2) is 0 Å². The number of carbonyl (C=O) groups is 1. The van der Waals surface area contributed by atoms with Crippen LogP contribution in [-0.2, 0) is 7.05 Å². The highest BCUT2D eigenvalue weighted by atomic mass is 16.5. The molecule has 1 saturated heterocycles. The maximum absolute atomic E-state index is 11.7. The Kier molecular flexibility index (Phi) is 6.12. The Morgan fingerprint density at radius 3 is 2.74 bits per heavy atom. The van der Waals surface area contributed by atoms with E-state index < -0.39 is 0 Å². The van der Waals surface area contributed by atoms with Crippen molar-refractivity contribution in [3.8, 4) is 17.2 Å². The van der Waals surface area contributed by atoms with Gasteiger partial charge in [-0.1, -0.05) is 0 Å². The number of carbonyl (C=O) groups excluding carboxylic acids is 1. The van der Waals surface area contributed by atoms with E-state index in [1.54, 1.807) is 11.2 Å². The second-order valence-corrected chi connectivity index (χ2v) is 9.18. The van der Waals surface area contributed by atoms with Gasteiger partial charge in [-0.3, -0.25) is 0 Å². The van der Waals surface area contributed by atoms with Crippen molar-refractivity contribution < 1.29 is 14.3 Å². The molecule has 3 heterocycles. The summed E-state index contributed by atoms with van der Waals surface area (Å²) in [5.41, 5.74) is 4.60. The maximum atomic E-state index is 11.7. The SMILES string of the molecule is Cc1cc(Nc2ncnc3ccc(OCCN4CCNC4=O)cc23)ccc1Oc1ccc2c(c1)ncn2C. The zero-order valence-corrected chi connectivity index (χ0v) is 21.1. The van der Waals surface area contributed by atoms with Crippen LogP contribution in [0, 0.1) is 6.92 Å². The smallest absolute Gasteiger partial charge is 0.317 e. The number of aryl methyl sites for hydroxylation is 2. The molecule has 0 atom stereocenters. The van der Waals surface area contributed by atoms with E-state index >= 15 is 0 Å². The number of ether oxygens (including phenoxy) is 2. The van der Waals surface area contributed by atoms with E-state index in [1.807, 2.05) is 73.1 Å². The van der Waals surface area contributed by atoms with Crippen LogP contribution in [0.2, 0.25) is 0 Å². The molecule has 38 heavy (non-hydrogen) atoms. The highest BCUT2D eigenvalue weighted by Crippen LogP contribution is 2.31. The molecule has 3 aromatic carbocycles. The first kappa shape index (κ1) is 23.5. The molecule has 0 bridgehead atoms. The lowest BCUT2D eigenvalue weighted by atomic mass is 10.2. The molecular weight excluding hydrogens is 482 g/mol. The Bertz CT molecular complexity index is 1650. The average Bonchev–Trinajstić information content (AvgIpc) is 3.50. The average molecular weight is 510 g/mol. The van der Waals surface area contributed by atoms with Crippen molar-refractivity contribution in [2.45, 2.75) is 6.92 Å². The van der Waals surface area contributed by atoms with Gasteiger partial charge >= 0.3 is 6.03 Å². The van der Waals surface area contributed by atoms with Crippen LogP contribution in [0.3, 0.4) is 0 Å². The predicted molar refractivity (Wildman–Crippen MR) is 145 cm³/mol. The lowest BCUT2D eigenvalue weighted by molar-refractivity contribution is 0.202. The number of imidazole rings is 1. The van der Waals surface area contributed by atoms with Gasteiger partial charge in [0, 0.05) is 37.3 Å². The number of amides is 2. The molecule has 6 rings (SSSR count). The van der Waals surface area contributed by atoms with Gasteiger partial charge in [0.05, 0.1) is 29.4 Å². The van der Waals surface area contributed by atoms with Gasteiger partial charge in [-0.25, -0.2) is 19.7 Å². The van der Waals surface area contributed by atoms with Crippen molar-refractivity contribution in [2.75, 3.05) is 31.6 Å². The highest BCUT2D eigenvalue weighted by Gasteiger charge is 2.18. The number of benzene rings is 3. The fourth-order valence-electron chi connectivity index (χ4n) is 4.51. The third-order valence-corrected chi connectivity index (χ3v) is 6.54. The van der Waals surface area contributed by atoms with Gasteiger partial charge in [0.2, 0.25) is 0 Å². The molecule has 2 aromatic heterocycles. The van der Waals surface area contributed by atoms with Crippen molar-refractivity contribution in [3.05, 3.63) is 72.8 Å². The number of hydrogen-bond acceptors (Lipinski definition) is 7. The second kappa shape index (κ2) is 9.89. The minimum Gasteiger partial charge on any atom is -0.492 e. The summed E-state index contributed by atoms with van der Waals surface area (Å²) in [4.78, 5) is 26.7. The molecule has 5 aromatic rings. The van der Waals surface area contributed by atoms with Crippen molar-refractivity contribution in [3.63, 3.8) is 0 Å². The number of rotatable bonds is 8. The molecule has 1 fully saturated rings. The van der Waals surface area contributed by atoms with Crippen molar-refractivity contribution in [2.24, 2.45) is 7.05 Å². The van der Waals surface area contributed by atoms with E-state index in [0.29, 0.717) is 37.8 Å². The summed E-state index contributed by atoms with van der Waals surface area (Å²) >= 11 is 0. The zero-order chi connectivity index (χ0) is 26.1. The van der Waals surface area contributed by atoms with Gasteiger partial charge in [-0.2, -0.15) is 0 Å². The standard InChI is InChI=1S/C28H27N7O3/c1-18-13-19(3-8-26(18)38-21-5-7-25-24(15-21)32-17-34(25)2)33-27-22-14-20(4-6-23(22)30-16-31-27)37-12-11-35-10-9-29-28(35)36/h3-8,13-17H,9-12H2,1-2H3,(H,29,36)(H,30,31,33). The summed E-state index contributed by atoms with van der Waals surface area (Å²) in [7, 11) is 1.97. The molecule has 0 radical (unpaired) electrons. The van der Waals surface area contributed by atoms with E-state index in [2.05, 4.69) is 25.6 Å². The monoisotopic (exact) mass is 509 g/mol. The van der Waals surface area contributed by atoms with Crippen LogP contribution in [-0.4, -0.2) is 56.7 Å². The normalized spacial score (nSPS) is 13.2. The van der Waals surface area contributed by atoms with Gasteiger partial charge in [0.25, 0.3) is 0 Å². The number of nitrogens with zero attached hydrogens (tertiary/aromatic N) is 5. The number of fused-ring (bicyclic) bond motifs is 2. The Labute approximate surface area is 219 Å². The van der Waals surface area contributed by atoms with Gasteiger partial charge in [-0.05, 0) is 61.0 Å². The minimum atomic E-state index is -0.0482. The third kappa shape index (κ3) is 4.75.